The molecule has 0 aromatic heterocycles. The Morgan fingerprint density at radius 3 is 2.27 bits per heavy atom. The minimum absolute atomic E-state index is 0.284. The summed E-state index contributed by atoms with van der Waals surface area (Å²) in [5.74, 6) is 0.702. The van der Waals surface area contributed by atoms with Gasteiger partial charge in [0.05, 0.1) is 6.61 Å². The van der Waals surface area contributed by atoms with Gasteiger partial charge in [-0.2, -0.15) is 0 Å². The molecule has 11 heavy (non-hydrogen) atoms. The molecule has 0 saturated carbocycles. The van der Waals surface area contributed by atoms with E-state index in [1.54, 1.807) is 0 Å². The molecule has 0 heterocycles. The van der Waals surface area contributed by atoms with Crippen LogP contribution in [-0.4, -0.2) is 36.2 Å². The van der Waals surface area contributed by atoms with Crippen LogP contribution in [0.5, 0.6) is 0 Å². The van der Waals surface area contributed by atoms with Crippen molar-refractivity contribution in [3.8, 4) is 0 Å². The monoisotopic (exact) mass is 159 g/mol. The SMILES string of the molecule is CCCN(CCO)CC(C)C. The summed E-state index contributed by atoms with van der Waals surface area (Å²) >= 11 is 0. The molecule has 0 aliphatic rings. The average molecular weight is 159 g/mol. The lowest BCUT2D eigenvalue weighted by atomic mass is 10.2. The topological polar surface area (TPSA) is 23.5 Å². The van der Waals surface area contributed by atoms with Crippen molar-refractivity contribution in [2.75, 3.05) is 26.2 Å². The van der Waals surface area contributed by atoms with E-state index < -0.39 is 0 Å². The number of aliphatic hydroxyl groups is 1. The van der Waals surface area contributed by atoms with Crippen LogP contribution < -0.4 is 0 Å². The Morgan fingerprint density at radius 2 is 1.91 bits per heavy atom. The van der Waals surface area contributed by atoms with Gasteiger partial charge in [-0.1, -0.05) is 20.8 Å². The van der Waals surface area contributed by atoms with Crippen LogP contribution in [0.3, 0.4) is 0 Å². The standard InChI is InChI=1S/C9H21NO/c1-4-5-10(6-7-11)8-9(2)3/h9,11H,4-8H2,1-3H3. The summed E-state index contributed by atoms with van der Waals surface area (Å²) in [7, 11) is 0. The highest BCUT2D eigenvalue weighted by atomic mass is 16.3. The van der Waals surface area contributed by atoms with E-state index in [1.807, 2.05) is 0 Å². The van der Waals surface area contributed by atoms with Gasteiger partial charge in [-0.3, -0.25) is 0 Å². The summed E-state index contributed by atoms with van der Waals surface area (Å²) in [6.45, 7) is 9.91. The van der Waals surface area contributed by atoms with Gasteiger partial charge in [0.1, 0.15) is 0 Å². The van der Waals surface area contributed by atoms with Crippen LogP contribution in [0, 0.1) is 5.92 Å². The van der Waals surface area contributed by atoms with Gasteiger partial charge in [-0.05, 0) is 18.9 Å². The summed E-state index contributed by atoms with van der Waals surface area (Å²) in [5, 5.41) is 8.73. The molecule has 2 heteroatoms. The lowest BCUT2D eigenvalue weighted by Crippen LogP contribution is -2.31. The molecule has 0 spiro atoms. The van der Waals surface area contributed by atoms with E-state index in [0.717, 1.165) is 19.6 Å². The first-order valence-electron chi connectivity index (χ1n) is 4.53. The molecule has 0 aromatic rings. The molecule has 0 radical (unpaired) electrons. The minimum atomic E-state index is 0.284. The zero-order chi connectivity index (χ0) is 8.69. The molecule has 0 rings (SSSR count). The van der Waals surface area contributed by atoms with Crippen LogP contribution in [0.4, 0.5) is 0 Å². The van der Waals surface area contributed by atoms with Crippen molar-refractivity contribution in [3.05, 3.63) is 0 Å². The van der Waals surface area contributed by atoms with Gasteiger partial charge >= 0.3 is 0 Å². The molecule has 68 valence electrons. The molecule has 0 aliphatic heterocycles. The van der Waals surface area contributed by atoms with E-state index in [0.29, 0.717) is 5.92 Å². The van der Waals surface area contributed by atoms with Crippen LogP contribution in [0.1, 0.15) is 27.2 Å². The quantitative estimate of drug-likeness (QED) is 0.632. The molecule has 0 saturated heterocycles. The highest BCUT2D eigenvalue weighted by Crippen LogP contribution is 1.98. The Morgan fingerprint density at radius 1 is 1.27 bits per heavy atom. The fourth-order valence-corrected chi connectivity index (χ4v) is 1.27. The van der Waals surface area contributed by atoms with Crippen LogP contribution in [0.25, 0.3) is 0 Å². The van der Waals surface area contributed by atoms with Gasteiger partial charge < -0.3 is 10.0 Å². The normalized spacial score (nSPS) is 11.5. The first kappa shape index (κ1) is 10.9. The number of hydrogen-bond acceptors (Lipinski definition) is 2. The first-order valence-corrected chi connectivity index (χ1v) is 4.53. The molecule has 0 bridgehead atoms. The van der Waals surface area contributed by atoms with E-state index in [4.69, 9.17) is 5.11 Å². The number of aliphatic hydroxyl groups excluding tert-OH is 1. The Kier molecular flexibility index (Phi) is 6.57. The zero-order valence-corrected chi connectivity index (χ0v) is 8.01. The Bertz CT molecular complexity index is 77.6. The molecule has 0 aromatic carbocycles. The Labute approximate surface area is 70.2 Å². The highest BCUT2D eigenvalue weighted by molar-refractivity contribution is 4.58. The summed E-state index contributed by atoms with van der Waals surface area (Å²) in [6.07, 6.45) is 1.17. The van der Waals surface area contributed by atoms with Crippen molar-refractivity contribution >= 4 is 0 Å². The maximum absolute atomic E-state index is 8.73. The smallest absolute Gasteiger partial charge is 0.0558 e. The number of nitrogens with zero attached hydrogens (tertiary/aromatic N) is 1. The first-order chi connectivity index (χ1) is 5.20. The van der Waals surface area contributed by atoms with Crippen molar-refractivity contribution in [3.63, 3.8) is 0 Å². The van der Waals surface area contributed by atoms with Crippen molar-refractivity contribution in [2.24, 2.45) is 5.92 Å². The zero-order valence-electron chi connectivity index (χ0n) is 8.01. The van der Waals surface area contributed by atoms with Gasteiger partial charge in [0.15, 0.2) is 0 Å². The number of rotatable bonds is 6. The maximum atomic E-state index is 8.73. The average Bonchev–Trinajstić information content (AvgIpc) is 1.87. The van der Waals surface area contributed by atoms with E-state index in [9.17, 15) is 0 Å². The Balaban J connectivity index is 3.50. The van der Waals surface area contributed by atoms with E-state index in [2.05, 4.69) is 25.7 Å². The van der Waals surface area contributed by atoms with E-state index in [1.165, 1.54) is 6.42 Å². The molecular weight excluding hydrogens is 138 g/mol. The largest absolute Gasteiger partial charge is 0.395 e. The van der Waals surface area contributed by atoms with Crippen LogP contribution >= 0.6 is 0 Å². The summed E-state index contributed by atoms with van der Waals surface area (Å²) in [5.41, 5.74) is 0. The molecule has 1 N–H and O–H groups in total. The second-order valence-corrected chi connectivity index (χ2v) is 3.42. The van der Waals surface area contributed by atoms with Gasteiger partial charge in [-0.25, -0.2) is 0 Å². The van der Waals surface area contributed by atoms with Gasteiger partial charge in [0, 0.05) is 13.1 Å². The van der Waals surface area contributed by atoms with Gasteiger partial charge in [0.2, 0.25) is 0 Å². The predicted molar refractivity (Wildman–Crippen MR) is 48.7 cm³/mol. The van der Waals surface area contributed by atoms with Crippen LogP contribution in [0.2, 0.25) is 0 Å². The highest BCUT2D eigenvalue weighted by Gasteiger charge is 2.04. The third-order valence-electron chi connectivity index (χ3n) is 1.58. The van der Waals surface area contributed by atoms with Crippen molar-refractivity contribution < 1.29 is 5.11 Å². The second kappa shape index (κ2) is 6.62. The summed E-state index contributed by atoms with van der Waals surface area (Å²) in [6, 6.07) is 0. The van der Waals surface area contributed by atoms with Crippen LogP contribution in [-0.2, 0) is 0 Å². The summed E-state index contributed by atoms with van der Waals surface area (Å²) < 4.78 is 0. The molecule has 0 unspecified atom stereocenters. The van der Waals surface area contributed by atoms with Crippen molar-refractivity contribution in [1.29, 1.82) is 0 Å². The van der Waals surface area contributed by atoms with Crippen LogP contribution in [0.15, 0.2) is 0 Å². The Hall–Kier alpha value is -0.0800. The minimum Gasteiger partial charge on any atom is -0.395 e. The third-order valence-corrected chi connectivity index (χ3v) is 1.58. The molecular formula is C9H21NO. The second-order valence-electron chi connectivity index (χ2n) is 3.42. The third kappa shape index (κ3) is 6.32. The van der Waals surface area contributed by atoms with E-state index in [-0.39, 0.29) is 6.61 Å². The molecule has 0 amide bonds. The molecule has 2 nitrogen and oxygen atoms in total. The van der Waals surface area contributed by atoms with Crippen molar-refractivity contribution in [1.82, 2.24) is 4.90 Å². The maximum Gasteiger partial charge on any atom is 0.0558 e. The lowest BCUT2D eigenvalue weighted by molar-refractivity contribution is 0.182. The molecule has 0 aliphatic carbocycles. The number of hydrogen-bond donors (Lipinski definition) is 1. The molecule has 0 fully saturated rings. The van der Waals surface area contributed by atoms with E-state index >= 15 is 0 Å². The summed E-state index contributed by atoms with van der Waals surface area (Å²) in [4.78, 5) is 2.31. The van der Waals surface area contributed by atoms with Crippen molar-refractivity contribution in [2.45, 2.75) is 27.2 Å². The fourth-order valence-electron chi connectivity index (χ4n) is 1.27. The lowest BCUT2D eigenvalue weighted by Gasteiger charge is -2.22. The fraction of sp³-hybridized carbons (Fsp3) is 1.00. The van der Waals surface area contributed by atoms with Gasteiger partial charge in [-0.15, -0.1) is 0 Å². The van der Waals surface area contributed by atoms with Gasteiger partial charge in [0.25, 0.3) is 0 Å². The molecule has 0 atom stereocenters. The predicted octanol–water partition coefficient (Wildman–Crippen LogP) is 1.35.